The molecule has 1 N–H and O–H groups in total. The molecule has 0 saturated heterocycles. The van der Waals surface area contributed by atoms with Crippen molar-refractivity contribution < 1.29 is 0 Å². The normalized spacial score (nSPS) is 14.1. The van der Waals surface area contributed by atoms with Gasteiger partial charge in [-0.2, -0.15) is 0 Å². The van der Waals surface area contributed by atoms with Crippen molar-refractivity contribution >= 4 is 0 Å². The molecule has 0 radical (unpaired) electrons. The highest BCUT2D eigenvalue weighted by molar-refractivity contribution is 5.29. The maximum Gasteiger partial charge on any atom is 0.0386 e. The monoisotopic (exact) mass is 254 g/mol. The largest absolute Gasteiger partial charge is 0.310 e. The molecule has 2 heteroatoms. The molecule has 0 aliphatic heterocycles. The van der Waals surface area contributed by atoms with E-state index in [1.165, 1.54) is 16.7 Å². The Hall–Kier alpha value is -1.67. The molecular formula is C17H22N2. The molecule has 2 rings (SSSR count). The third kappa shape index (κ3) is 3.42. The zero-order chi connectivity index (χ0) is 13.7. The molecular weight excluding hydrogens is 232 g/mol. The molecule has 0 spiro atoms. The van der Waals surface area contributed by atoms with Crippen LogP contribution in [0.15, 0.2) is 48.8 Å². The SMILES string of the molecule is CCNC(c1cccc(C)c1)C(C)c1ccncc1. The second kappa shape index (κ2) is 6.48. The number of hydrogen-bond donors (Lipinski definition) is 1. The first-order valence-electron chi connectivity index (χ1n) is 6.92. The first kappa shape index (κ1) is 13.8. The Labute approximate surface area is 115 Å². The molecule has 0 fully saturated rings. The number of rotatable bonds is 5. The Kier molecular flexibility index (Phi) is 4.69. The molecule has 2 atom stereocenters. The molecule has 100 valence electrons. The Morgan fingerprint density at radius 3 is 2.47 bits per heavy atom. The number of aryl methyl sites for hydroxylation is 1. The van der Waals surface area contributed by atoms with Crippen LogP contribution >= 0.6 is 0 Å². The molecule has 0 amide bonds. The van der Waals surface area contributed by atoms with Gasteiger partial charge in [-0.3, -0.25) is 4.98 Å². The fourth-order valence-corrected chi connectivity index (χ4v) is 2.53. The minimum absolute atomic E-state index is 0.340. The van der Waals surface area contributed by atoms with Crippen LogP contribution in [-0.4, -0.2) is 11.5 Å². The Morgan fingerprint density at radius 2 is 1.84 bits per heavy atom. The van der Waals surface area contributed by atoms with Crippen molar-refractivity contribution in [3.05, 3.63) is 65.5 Å². The van der Waals surface area contributed by atoms with Crippen molar-refractivity contribution in [2.45, 2.75) is 32.7 Å². The van der Waals surface area contributed by atoms with E-state index in [-0.39, 0.29) is 0 Å². The molecule has 2 nitrogen and oxygen atoms in total. The number of benzene rings is 1. The third-order valence-electron chi connectivity index (χ3n) is 3.56. The predicted octanol–water partition coefficient (Wildman–Crippen LogP) is 3.84. The Bertz CT molecular complexity index is 508. The van der Waals surface area contributed by atoms with Gasteiger partial charge in [0.1, 0.15) is 0 Å². The summed E-state index contributed by atoms with van der Waals surface area (Å²) in [5, 5.41) is 3.60. The van der Waals surface area contributed by atoms with E-state index in [9.17, 15) is 0 Å². The molecule has 2 unspecified atom stereocenters. The lowest BCUT2D eigenvalue weighted by molar-refractivity contribution is 0.479. The number of aromatic nitrogens is 1. The van der Waals surface area contributed by atoms with Crippen LogP contribution < -0.4 is 5.32 Å². The van der Waals surface area contributed by atoms with Gasteiger partial charge in [0, 0.05) is 24.4 Å². The molecule has 0 aliphatic rings. The molecule has 0 aliphatic carbocycles. The van der Waals surface area contributed by atoms with Gasteiger partial charge < -0.3 is 5.32 Å². The van der Waals surface area contributed by atoms with Crippen LogP contribution in [0.3, 0.4) is 0 Å². The van der Waals surface area contributed by atoms with Gasteiger partial charge in [0.2, 0.25) is 0 Å². The van der Waals surface area contributed by atoms with Crippen LogP contribution in [0.1, 0.15) is 42.5 Å². The fourth-order valence-electron chi connectivity index (χ4n) is 2.53. The average Bonchev–Trinajstić information content (AvgIpc) is 2.45. The summed E-state index contributed by atoms with van der Waals surface area (Å²) in [6.45, 7) is 7.53. The van der Waals surface area contributed by atoms with Crippen molar-refractivity contribution in [1.82, 2.24) is 10.3 Å². The van der Waals surface area contributed by atoms with E-state index >= 15 is 0 Å². The summed E-state index contributed by atoms with van der Waals surface area (Å²) in [5.41, 5.74) is 3.98. The van der Waals surface area contributed by atoms with E-state index in [1.807, 2.05) is 12.4 Å². The third-order valence-corrected chi connectivity index (χ3v) is 3.56. The summed E-state index contributed by atoms with van der Waals surface area (Å²) in [5.74, 6) is 0.421. The van der Waals surface area contributed by atoms with Crippen LogP contribution in [0.25, 0.3) is 0 Å². The maximum absolute atomic E-state index is 4.10. The molecule has 0 bridgehead atoms. The number of hydrogen-bond acceptors (Lipinski definition) is 2. The first-order valence-corrected chi connectivity index (χ1v) is 6.92. The van der Waals surface area contributed by atoms with Gasteiger partial charge in [0.25, 0.3) is 0 Å². The highest BCUT2D eigenvalue weighted by Crippen LogP contribution is 2.30. The van der Waals surface area contributed by atoms with Crippen molar-refractivity contribution in [3.8, 4) is 0 Å². The summed E-state index contributed by atoms with van der Waals surface area (Å²) in [4.78, 5) is 4.10. The fraction of sp³-hybridized carbons (Fsp3) is 0.353. The van der Waals surface area contributed by atoms with Gasteiger partial charge in [-0.15, -0.1) is 0 Å². The molecule has 1 aromatic carbocycles. The van der Waals surface area contributed by atoms with Crippen LogP contribution in [0, 0.1) is 6.92 Å². The Balaban J connectivity index is 2.30. The van der Waals surface area contributed by atoms with Gasteiger partial charge in [0.05, 0.1) is 0 Å². The van der Waals surface area contributed by atoms with Gasteiger partial charge in [-0.25, -0.2) is 0 Å². The highest BCUT2D eigenvalue weighted by atomic mass is 14.9. The minimum Gasteiger partial charge on any atom is -0.310 e. The summed E-state index contributed by atoms with van der Waals surface area (Å²) in [6, 6.07) is 13.3. The standard InChI is InChI=1S/C17H22N2/c1-4-19-17(16-7-5-6-13(2)12-16)14(3)15-8-10-18-11-9-15/h5-12,14,17,19H,4H2,1-3H3. The lowest BCUT2D eigenvalue weighted by Gasteiger charge is -2.26. The minimum atomic E-state index is 0.340. The highest BCUT2D eigenvalue weighted by Gasteiger charge is 2.19. The van der Waals surface area contributed by atoms with Crippen LogP contribution in [0.2, 0.25) is 0 Å². The lowest BCUT2D eigenvalue weighted by atomic mass is 9.88. The van der Waals surface area contributed by atoms with E-state index in [4.69, 9.17) is 0 Å². The molecule has 0 saturated carbocycles. The van der Waals surface area contributed by atoms with Crippen LogP contribution in [0.4, 0.5) is 0 Å². The summed E-state index contributed by atoms with van der Waals surface area (Å²) in [7, 11) is 0. The number of nitrogens with one attached hydrogen (secondary N) is 1. The summed E-state index contributed by atoms with van der Waals surface area (Å²) >= 11 is 0. The first-order chi connectivity index (χ1) is 9.22. The molecule has 1 aromatic heterocycles. The summed E-state index contributed by atoms with van der Waals surface area (Å²) in [6.07, 6.45) is 3.73. The van der Waals surface area contributed by atoms with Crippen molar-refractivity contribution in [3.63, 3.8) is 0 Å². The second-order valence-electron chi connectivity index (χ2n) is 5.02. The topological polar surface area (TPSA) is 24.9 Å². The smallest absolute Gasteiger partial charge is 0.0386 e. The molecule has 1 heterocycles. The van der Waals surface area contributed by atoms with Crippen LogP contribution in [-0.2, 0) is 0 Å². The quantitative estimate of drug-likeness (QED) is 0.876. The van der Waals surface area contributed by atoms with E-state index in [0.717, 1.165) is 6.54 Å². The van der Waals surface area contributed by atoms with E-state index in [0.29, 0.717) is 12.0 Å². The lowest BCUT2D eigenvalue weighted by Crippen LogP contribution is -2.25. The van der Waals surface area contributed by atoms with Gasteiger partial charge in [-0.05, 0) is 36.7 Å². The van der Waals surface area contributed by atoms with Crippen molar-refractivity contribution in [1.29, 1.82) is 0 Å². The maximum atomic E-state index is 4.10. The zero-order valence-electron chi connectivity index (χ0n) is 11.9. The predicted molar refractivity (Wildman–Crippen MR) is 80.2 cm³/mol. The van der Waals surface area contributed by atoms with Gasteiger partial charge in [0.15, 0.2) is 0 Å². The number of pyridine rings is 1. The zero-order valence-corrected chi connectivity index (χ0v) is 11.9. The number of likely N-dealkylation sites (N-methyl/N-ethyl adjacent to an activating group) is 1. The van der Waals surface area contributed by atoms with Crippen molar-refractivity contribution in [2.24, 2.45) is 0 Å². The van der Waals surface area contributed by atoms with Crippen LogP contribution in [0.5, 0.6) is 0 Å². The van der Waals surface area contributed by atoms with E-state index in [1.54, 1.807) is 0 Å². The average molecular weight is 254 g/mol. The second-order valence-corrected chi connectivity index (χ2v) is 5.02. The van der Waals surface area contributed by atoms with E-state index < -0.39 is 0 Å². The summed E-state index contributed by atoms with van der Waals surface area (Å²) < 4.78 is 0. The number of nitrogens with zero attached hydrogens (tertiary/aromatic N) is 1. The molecule has 2 aromatic rings. The molecule has 19 heavy (non-hydrogen) atoms. The van der Waals surface area contributed by atoms with E-state index in [2.05, 4.69) is 67.5 Å². The Morgan fingerprint density at radius 1 is 1.11 bits per heavy atom. The van der Waals surface area contributed by atoms with Gasteiger partial charge >= 0.3 is 0 Å². The van der Waals surface area contributed by atoms with Gasteiger partial charge in [-0.1, -0.05) is 43.7 Å². The van der Waals surface area contributed by atoms with Crippen molar-refractivity contribution in [2.75, 3.05) is 6.54 Å².